The molecule has 7 heteroatoms. The molecule has 1 amide bonds. The Morgan fingerprint density at radius 3 is 2.67 bits per heavy atom. The first-order chi connectivity index (χ1) is 10.3. The summed E-state index contributed by atoms with van der Waals surface area (Å²) < 4.78 is 1.02. The molecule has 0 aliphatic carbocycles. The van der Waals surface area contributed by atoms with Crippen molar-refractivity contribution in [1.29, 1.82) is 0 Å². The van der Waals surface area contributed by atoms with Gasteiger partial charge in [-0.3, -0.25) is 10.1 Å². The van der Waals surface area contributed by atoms with E-state index in [0.29, 0.717) is 16.4 Å². The van der Waals surface area contributed by atoms with Crippen LogP contribution in [0.1, 0.15) is 10.4 Å². The average Bonchev–Trinajstić information content (AvgIpc) is 2.90. The van der Waals surface area contributed by atoms with E-state index in [1.165, 1.54) is 11.3 Å². The number of thiazole rings is 1. The second kappa shape index (κ2) is 5.62. The smallest absolute Gasteiger partial charge is 0.257 e. The molecule has 0 spiro atoms. The number of hydrogen-bond acceptors (Lipinski definition) is 4. The van der Waals surface area contributed by atoms with Crippen LogP contribution in [0.2, 0.25) is 0 Å². The van der Waals surface area contributed by atoms with Crippen LogP contribution in [-0.4, -0.2) is 10.9 Å². The van der Waals surface area contributed by atoms with Crippen molar-refractivity contribution in [3.63, 3.8) is 0 Å². The monoisotopic (exact) mass is 295 g/mol. The molecule has 21 heavy (non-hydrogen) atoms. The molecule has 0 radical (unpaired) electrons. The number of rotatable bonds is 3. The first-order valence-electron chi connectivity index (χ1n) is 6.08. The molecule has 1 N–H and O–H groups in total. The summed E-state index contributed by atoms with van der Waals surface area (Å²) in [6.07, 6.45) is 0. The Bertz CT molecular complexity index is 816. The first-order valence-corrected chi connectivity index (χ1v) is 6.90. The first kappa shape index (κ1) is 13.1. The van der Waals surface area contributed by atoms with Gasteiger partial charge >= 0.3 is 0 Å². The molecule has 0 saturated carbocycles. The third kappa shape index (κ3) is 2.84. The standard InChI is InChI=1S/C14H9N5OS/c15-19-18-10-7-5-9(6-8-10)13(20)17-14-16-11-3-1-2-4-12(11)21-14/h1-8H,(H,16,17,20). The molecule has 3 aromatic rings. The Morgan fingerprint density at radius 2 is 1.95 bits per heavy atom. The third-order valence-corrected chi connectivity index (χ3v) is 3.76. The second-order valence-corrected chi connectivity index (χ2v) is 5.21. The lowest BCUT2D eigenvalue weighted by Gasteiger charge is -2.01. The molecule has 0 aliphatic rings. The van der Waals surface area contributed by atoms with Gasteiger partial charge in [0.1, 0.15) is 0 Å². The molecular weight excluding hydrogens is 286 g/mol. The van der Waals surface area contributed by atoms with Crippen molar-refractivity contribution in [2.75, 3.05) is 5.32 Å². The average molecular weight is 295 g/mol. The van der Waals surface area contributed by atoms with E-state index in [1.54, 1.807) is 24.3 Å². The number of para-hydroxylation sites is 1. The van der Waals surface area contributed by atoms with Gasteiger partial charge in [0.2, 0.25) is 0 Å². The highest BCUT2D eigenvalue weighted by molar-refractivity contribution is 7.22. The lowest BCUT2D eigenvalue weighted by Crippen LogP contribution is -2.11. The molecule has 0 aliphatic heterocycles. The maximum Gasteiger partial charge on any atom is 0.257 e. The van der Waals surface area contributed by atoms with Crippen molar-refractivity contribution in [2.45, 2.75) is 0 Å². The van der Waals surface area contributed by atoms with E-state index in [9.17, 15) is 4.79 Å². The summed E-state index contributed by atoms with van der Waals surface area (Å²) in [5, 5.41) is 6.78. The van der Waals surface area contributed by atoms with Crippen molar-refractivity contribution >= 4 is 38.3 Å². The van der Waals surface area contributed by atoms with Crippen LogP contribution in [-0.2, 0) is 0 Å². The van der Waals surface area contributed by atoms with Gasteiger partial charge in [-0.1, -0.05) is 40.7 Å². The van der Waals surface area contributed by atoms with Crippen LogP contribution < -0.4 is 5.32 Å². The van der Waals surface area contributed by atoms with Gasteiger partial charge in [-0.2, -0.15) is 0 Å². The lowest BCUT2D eigenvalue weighted by atomic mass is 10.2. The molecule has 0 fully saturated rings. The number of benzene rings is 2. The molecule has 3 rings (SSSR count). The fourth-order valence-corrected chi connectivity index (χ4v) is 2.69. The Morgan fingerprint density at radius 1 is 1.19 bits per heavy atom. The highest BCUT2D eigenvalue weighted by Gasteiger charge is 2.09. The minimum atomic E-state index is -0.249. The van der Waals surface area contributed by atoms with E-state index < -0.39 is 0 Å². The van der Waals surface area contributed by atoms with Crippen molar-refractivity contribution in [2.24, 2.45) is 5.11 Å². The van der Waals surface area contributed by atoms with Gasteiger partial charge in [0.25, 0.3) is 5.91 Å². The maximum absolute atomic E-state index is 12.1. The van der Waals surface area contributed by atoms with Crippen LogP contribution >= 0.6 is 11.3 Å². The van der Waals surface area contributed by atoms with Crippen LogP contribution in [0.3, 0.4) is 0 Å². The minimum Gasteiger partial charge on any atom is -0.298 e. The van der Waals surface area contributed by atoms with Crippen molar-refractivity contribution in [1.82, 2.24) is 4.98 Å². The van der Waals surface area contributed by atoms with Crippen LogP contribution in [0.4, 0.5) is 10.8 Å². The molecule has 0 saturated heterocycles. The normalized spacial score (nSPS) is 10.1. The van der Waals surface area contributed by atoms with Gasteiger partial charge in [0, 0.05) is 16.2 Å². The van der Waals surface area contributed by atoms with E-state index in [4.69, 9.17) is 5.53 Å². The van der Waals surface area contributed by atoms with Crippen LogP contribution in [0, 0.1) is 0 Å². The summed E-state index contributed by atoms with van der Waals surface area (Å²) in [5.41, 5.74) is 10.1. The predicted molar refractivity (Wildman–Crippen MR) is 82.8 cm³/mol. The number of amides is 1. The van der Waals surface area contributed by atoms with Gasteiger partial charge in [0.15, 0.2) is 5.13 Å². The summed E-state index contributed by atoms with van der Waals surface area (Å²) in [6, 6.07) is 14.1. The SMILES string of the molecule is [N-]=[N+]=Nc1ccc(C(=O)Nc2nc3ccccc3s2)cc1. The maximum atomic E-state index is 12.1. The zero-order valence-electron chi connectivity index (χ0n) is 10.7. The summed E-state index contributed by atoms with van der Waals surface area (Å²) >= 11 is 1.42. The molecule has 0 unspecified atom stereocenters. The number of nitrogens with zero attached hydrogens (tertiary/aromatic N) is 4. The van der Waals surface area contributed by atoms with E-state index >= 15 is 0 Å². The number of fused-ring (bicyclic) bond motifs is 1. The van der Waals surface area contributed by atoms with Crippen LogP contribution in [0.15, 0.2) is 53.6 Å². The number of aromatic nitrogens is 1. The number of nitrogens with one attached hydrogen (secondary N) is 1. The largest absolute Gasteiger partial charge is 0.298 e. The number of hydrogen-bond donors (Lipinski definition) is 1. The summed E-state index contributed by atoms with van der Waals surface area (Å²) in [6.45, 7) is 0. The van der Waals surface area contributed by atoms with Crippen LogP contribution in [0.5, 0.6) is 0 Å². The van der Waals surface area contributed by atoms with Gasteiger partial charge in [0.05, 0.1) is 10.2 Å². The van der Waals surface area contributed by atoms with Crippen molar-refractivity contribution < 1.29 is 4.79 Å². The van der Waals surface area contributed by atoms with Crippen LogP contribution in [0.25, 0.3) is 20.7 Å². The molecule has 1 aromatic heterocycles. The summed E-state index contributed by atoms with van der Waals surface area (Å²) in [4.78, 5) is 19.1. The number of azide groups is 1. The number of carbonyl (C=O) groups excluding carboxylic acids is 1. The van der Waals surface area contributed by atoms with Gasteiger partial charge < -0.3 is 0 Å². The third-order valence-electron chi connectivity index (χ3n) is 2.80. The molecule has 0 bridgehead atoms. The fourth-order valence-electron chi connectivity index (χ4n) is 1.83. The van der Waals surface area contributed by atoms with Gasteiger partial charge in [-0.25, -0.2) is 4.98 Å². The Kier molecular flexibility index (Phi) is 3.51. The van der Waals surface area contributed by atoms with Gasteiger partial charge in [-0.05, 0) is 29.8 Å². The number of anilines is 1. The molecule has 0 atom stereocenters. The molecule has 2 aromatic carbocycles. The fraction of sp³-hybridized carbons (Fsp3) is 0. The molecule has 102 valence electrons. The molecular formula is C14H9N5OS. The zero-order valence-corrected chi connectivity index (χ0v) is 11.5. The zero-order chi connectivity index (χ0) is 14.7. The minimum absolute atomic E-state index is 0.249. The summed E-state index contributed by atoms with van der Waals surface area (Å²) in [7, 11) is 0. The highest BCUT2D eigenvalue weighted by Crippen LogP contribution is 2.25. The molecule has 1 heterocycles. The van der Waals surface area contributed by atoms with Gasteiger partial charge in [-0.15, -0.1) is 0 Å². The van der Waals surface area contributed by atoms with E-state index in [2.05, 4.69) is 20.3 Å². The quantitative estimate of drug-likeness (QED) is 0.438. The highest BCUT2D eigenvalue weighted by atomic mass is 32.1. The van der Waals surface area contributed by atoms with Crippen molar-refractivity contribution in [3.05, 3.63) is 64.5 Å². The second-order valence-electron chi connectivity index (χ2n) is 4.18. The topological polar surface area (TPSA) is 90.8 Å². The Balaban J connectivity index is 1.80. The Hall–Kier alpha value is -2.89. The van der Waals surface area contributed by atoms with E-state index in [1.807, 2.05) is 24.3 Å². The lowest BCUT2D eigenvalue weighted by molar-refractivity contribution is 0.102. The Labute approximate surface area is 123 Å². The predicted octanol–water partition coefficient (Wildman–Crippen LogP) is 4.49. The van der Waals surface area contributed by atoms with Crippen molar-refractivity contribution in [3.8, 4) is 0 Å². The molecule has 6 nitrogen and oxygen atoms in total. The van der Waals surface area contributed by atoms with E-state index in [0.717, 1.165) is 10.2 Å². The van der Waals surface area contributed by atoms with E-state index in [-0.39, 0.29) is 5.91 Å². The number of carbonyl (C=O) groups is 1. The summed E-state index contributed by atoms with van der Waals surface area (Å²) in [5.74, 6) is -0.249.